The molecule has 178 valence electrons. The van der Waals surface area contributed by atoms with E-state index in [0.29, 0.717) is 12.5 Å². The van der Waals surface area contributed by atoms with Crippen molar-refractivity contribution in [3.63, 3.8) is 0 Å². The molecule has 1 N–H and O–H groups in total. The van der Waals surface area contributed by atoms with Crippen molar-refractivity contribution in [1.29, 1.82) is 0 Å². The van der Waals surface area contributed by atoms with Crippen LogP contribution in [0.25, 0.3) is 10.8 Å². The summed E-state index contributed by atoms with van der Waals surface area (Å²) >= 11 is 0. The quantitative estimate of drug-likeness (QED) is 0.577. The minimum atomic E-state index is -0.527. The highest BCUT2D eigenvalue weighted by Crippen LogP contribution is 2.26. The van der Waals surface area contributed by atoms with Crippen LogP contribution in [-0.4, -0.2) is 35.4 Å². The van der Waals surface area contributed by atoms with Crippen molar-refractivity contribution in [3.8, 4) is 0 Å². The average Bonchev–Trinajstić information content (AvgIpc) is 2.84. The topological polar surface area (TPSA) is 71.4 Å². The van der Waals surface area contributed by atoms with Gasteiger partial charge in [-0.05, 0) is 42.0 Å². The number of nitrogens with zero attached hydrogens (tertiary/aromatic N) is 2. The van der Waals surface area contributed by atoms with E-state index in [1.807, 2.05) is 54.0 Å². The van der Waals surface area contributed by atoms with E-state index in [-0.39, 0.29) is 23.1 Å². The van der Waals surface area contributed by atoms with Gasteiger partial charge in [0.15, 0.2) is 0 Å². The second-order valence-electron chi connectivity index (χ2n) is 9.58. The fourth-order valence-corrected chi connectivity index (χ4v) is 4.94. The lowest BCUT2D eigenvalue weighted by Gasteiger charge is -2.24. The molecule has 3 aromatic rings. The number of nitrogens with one attached hydrogen (secondary N) is 1. The van der Waals surface area contributed by atoms with Gasteiger partial charge in [0.2, 0.25) is 5.43 Å². The van der Waals surface area contributed by atoms with Gasteiger partial charge in [-0.1, -0.05) is 61.7 Å². The Balaban J connectivity index is 1.66. The third-order valence-electron chi connectivity index (χ3n) is 6.79. The van der Waals surface area contributed by atoms with Gasteiger partial charge in [-0.3, -0.25) is 14.4 Å². The van der Waals surface area contributed by atoms with E-state index in [4.69, 9.17) is 0 Å². The first kappa shape index (κ1) is 23.7. The third-order valence-corrected chi connectivity index (χ3v) is 6.79. The van der Waals surface area contributed by atoms with Crippen molar-refractivity contribution in [2.45, 2.75) is 51.6 Å². The Labute approximate surface area is 200 Å². The first-order chi connectivity index (χ1) is 16.3. The normalized spacial score (nSPS) is 15.1. The highest BCUT2D eigenvalue weighted by Gasteiger charge is 2.23. The Hall–Kier alpha value is -3.41. The Morgan fingerprint density at radius 3 is 2.41 bits per heavy atom. The van der Waals surface area contributed by atoms with E-state index < -0.39 is 11.3 Å². The number of rotatable bonds is 6. The summed E-state index contributed by atoms with van der Waals surface area (Å²) in [7, 11) is 3.23. The maximum absolute atomic E-state index is 13.3. The molecule has 1 fully saturated rings. The van der Waals surface area contributed by atoms with E-state index >= 15 is 0 Å². The monoisotopic (exact) mass is 459 g/mol. The molecule has 1 aliphatic carbocycles. The van der Waals surface area contributed by atoms with Crippen LogP contribution in [0.15, 0.2) is 59.7 Å². The number of carbonyl (C=O) groups is 2. The molecule has 0 bridgehead atoms. The van der Waals surface area contributed by atoms with E-state index in [1.54, 1.807) is 26.5 Å². The summed E-state index contributed by atoms with van der Waals surface area (Å²) in [5, 5.41) is 5.15. The van der Waals surface area contributed by atoms with Crippen molar-refractivity contribution in [2.75, 3.05) is 14.1 Å². The largest absolute Gasteiger partial charge is 0.352 e. The van der Waals surface area contributed by atoms with Gasteiger partial charge in [0.25, 0.3) is 11.8 Å². The SMILES string of the molecule is CC(NC(=O)c1cn(CC2CCCCC2)cc(C(=O)N(C)C)c1=O)c1cccc2ccccc12. The predicted molar refractivity (Wildman–Crippen MR) is 135 cm³/mol. The summed E-state index contributed by atoms with van der Waals surface area (Å²) < 4.78 is 1.87. The van der Waals surface area contributed by atoms with Crippen LogP contribution in [0.5, 0.6) is 0 Å². The molecule has 1 unspecified atom stereocenters. The summed E-state index contributed by atoms with van der Waals surface area (Å²) in [6.45, 7) is 2.61. The third kappa shape index (κ3) is 5.06. The number of carbonyl (C=O) groups excluding carboxylic acids is 2. The van der Waals surface area contributed by atoms with Crippen molar-refractivity contribution < 1.29 is 9.59 Å². The fourth-order valence-electron chi connectivity index (χ4n) is 4.94. The molecule has 1 aliphatic rings. The lowest BCUT2D eigenvalue weighted by molar-refractivity contribution is 0.0825. The van der Waals surface area contributed by atoms with Gasteiger partial charge in [0.05, 0.1) is 6.04 Å². The Bertz CT molecular complexity index is 1250. The number of pyridine rings is 1. The van der Waals surface area contributed by atoms with Crippen molar-refractivity contribution in [2.24, 2.45) is 5.92 Å². The Kier molecular flexibility index (Phi) is 7.15. The molecule has 1 aromatic heterocycles. The first-order valence-corrected chi connectivity index (χ1v) is 12.1. The van der Waals surface area contributed by atoms with E-state index in [2.05, 4.69) is 5.32 Å². The summed E-state index contributed by atoms with van der Waals surface area (Å²) in [6, 6.07) is 13.7. The molecule has 2 aromatic carbocycles. The molecule has 0 aliphatic heterocycles. The zero-order valence-electron chi connectivity index (χ0n) is 20.2. The molecular weight excluding hydrogens is 426 g/mol. The second-order valence-corrected chi connectivity index (χ2v) is 9.58. The number of aromatic nitrogens is 1. The standard InChI is InChI=1S/C28H33N3O3/c1-19(22-15-9-13-21-12-7-8-14-23(21)22)29-27(33)24-17-31(16-20-10-5-4-6-11-20)18-25(26(24)32)28(34)30(2)3/h7-9,12-15,17-20H,4-6,10-11,16H2,1-3H3,(H,29,33). The molecule has 2 amide bonds. The molecule has 1 saturated carbocycles. The summed E-state index contributed by atoms with van der Waals surface area (Å²) in [6.07, 6.45) is 9.14. The number of fused-ring (bicyclic) bond motifs is 1. The molecule has 4 rings (SSSR count). The van der Waals surface area contributed by atoms with Crippen LogP contribution in [0.3, 0.4) is 0 Å². The van der Waals surface area contributed by atoms with Gasteiger partial charge >= 0.3 is 0 Å². The van der Waals surface area contributed by atoms with Crippen LogP contribution in [0, 0.1) is 5.92 Å². The highest BCUT2D eigenvalue weighted by atomic mass is 16.2. The molecule has 6 nitrogen and oxygen atoms in total. The van der Waals surface area contributed by atoms with Crippen LogP contribution in [0.4, 0.5) is 0 Å². The van der Waals surface area contributed by atoms with Crippen LogP contribution >= 0.6 is 0 Å². The van der Waals surface area contributed by atoms with Crippen molar-refractivity contribution in [1.82, 2.24) is 14.8 Å². The molecule has 34 heavy (non-hydrogen) atoms. The maximum atomic E-state index is 13.3. The van der Waals surface area contributed by atoms with Crippen molar-refractivity contribution >= 4 is 22.6 Å². The molecule has 1 atom stereocenters. The molecule has 6 heteroatoms. The molecular formula is C28H33N3O3. The van der Waals surface area contributed by atoms with Gasteiger partial charge in [-0.25, -0.2) is 0 Å². The van der Waals surface area contributed by atoms with Crippen molar-refractivity contribution in [3.05, 3.63) is 81.8 Å². The lowest BCUT2D eigenvalue weighted by atomic mass is 9.89. The lowest BCUT2D eigenvalue weighted by Crippen LogP contribution is -2.36. The molecule has 0 spiro atoms. The smallest absolute Gasteiger partial charge is 0.258 e. The van der Waals surface area contributed by atoms with Crippen LogP contribution in [-0.2, 0) is 6.54 Å². The fraction of sp³-hybridized carbons (Fsp3) is 0.393. The van der Waals surface area contributed by atoms with Gasteiger partial charge in [-0.15, -0.1) is 0 Å². The highest BCUT2D eigenvalue weighted by molar-refractivity contribution is 5.99. The summed E-state index contributed by atoms with van der Waals surface area (Å²) in [4.78, 5) is 40.7. The van der Waals surface area contributed by atoms with E-state index in [9.17, 15) is 14.4 Å². The zero-order valence-corrected chi connectivity index (χ0v) is 20.2. The first-order valence-electron chi connectivity index (χ1n) is 12.1. The average molecular weight is 460 g/mol. The number of amides is 2. The minimum Gasteiger partial charge on any atom is -0.352 e. The second kappa shape index (κ2) is 10.2. The van der Waals surface area contributed by atoms with Gasteiger partial charge in [-0.2, -0.15) is 0 Å². The van der Waals surface area contributed by atoms with Crippen LogP contribution in [0.1, 0.15) is 71.3 Å². The Morgan fingerprint density at radius 2 is 1.68 bits per heavy atom. The molecule has 0 saturated heterocycles. The predicted octanol–water partition coefficient (Wildman–Crippen LogP) is 4.77. The summed E-state index contributed by atoms with van der Waals surface area (Å²) in [5.74, 6) is -0.362. The van der Waals surface area contributed by atoms with Gasteiger partial charge in [0, 0.05) is 33.0 Å². The number of hydrogen-bond acceptors (Lipinski definition) is 3. The number of hydrogen-bond donors (Lipinski definition) is 1. The number of benzene rings is 2. The minimum absolute atomic E-state index is 0.00981. The maximum Gasteiger partial charge on any atom is 0.258 e. The molecule has 1 heterocycles. The van der Waals surface area contributed by atoms with Gasteiger partial charge < -0.3 is 14.8 Å². The molecule has 0 radical (unpaired) electrons. The Morgan fingerprint density at radius 1 is 1.00 bits per heavy atom. The zero-order chi connectivity index (χ0) is 24.2. The summed E-state index contributed by atoms with van der Waals surface area (Å²) in [5.41, 5.74) is 0.498. The van der Waals surface area contributed by atoms with Crippen LogP contribution in [0.2, 0.25) is 0 Å². The van der Waals surface area contributed by atoms with Gasteiger partial charge in [0.1, 0.15) is 11.1 Å². The van der Waals surface area contributed by atoms with Crippen LogP contribution < -0.4 is 10.7 Å². The van der Waals surface area contributed by atoms with E-state index in [1.165, 1.54) is 24.2 Å². The van der Waals surface area contributed by atoms with E-state index in [0.717, 1.165) is 29.2 Å².